The maximum atomic E-state index is 11.6. The van der Waals surface area contributed by atoms with Gasteiger partial charge in [-0.25, -0.2) is 0 Å². The molecule has 0 spiro atoms. The minimum absolute atomic E-state index is 0.490. The molecule has 2 rings (SSSR count). The highest BCUT2D eigenvalue weighted by atomic mass is 79.9. The van der Waals surface area contributed by atoms with Gasteiger partial charge in [0.2, 0.25) is 0 Å². The highest BCUT2D eigenvalue weighted by Gasteiger charge is 2.25. The van der Waals surface area contributed by atoms with E-state index in [9.17, 15) is 9.90 Å². The van der Waals surface area contributed by atoms with Crippen LogP contribution >= 0.6 is 15.9 Å². The van der Waals surface area contributed by atoms with Crippen LogP contribution in [0.25, 0.3) is 0 Å². The SMILES string of the molecule is Cc1ccc(Br)cc1C(CN1CCOCC1)C(=O)O. The fourth-order valence-electron chi connectivity index (χ4n) is 2.34. The van der Waals surface area contributed by atoms with Gasteiger partial charge in [0.1, 0.15) is 0 Å². The second kappa shape index (κ2) is 6.50. The van der Waals surface area contributed by atoms with Gasteiger partial charge < -0.3 is 9.84 Å². The molecule has 0 amide bonds. The van der Waals surface area contributed by atoms with Crippen LogP contribution in [0.5, 0.6) is 0 Å². The minimum Gasteiger partial charge on any atom is -0.481 e. The van der Waals surface area contributed by atoms with Gasteiger partial charge in [0.25, 0.3) is 0 Å². The largest absolute Gasteiger partial charge is 0.481 e. The van der Waals surface area contributed by atoms with Crippen molar-refractivity contribution in [1.82, 2.24) is 4.90 Å². The van der Waals surface area contributed by atoms with E-state index in [1.54, 1.807) is 0 Å². The van der Waals surface area contributed by atoms with Crippen LogP contribution in [-0.2, 0) is 9.53 Å². The Kier molecular flexibility index (Phi) is 4.96. The standard InChI is InChI=1S/C14H18BrNO3/c1-10-2-3-11(15)8-12(10)13(14(17)18)9-16-4-6-19-7-5-16/h2-3,8,13H,4-7,9H2,1H3,(H,17,18). The second-order valence-corrected chi connectivity index (χ2v) is 5.72. The van der Waals surface area contributed by atoms with E-state index < -0.39 is 11.9 Å². The Bertz CT molecular complexity index is 458. The maximum Gasteiger partial charge on any atom is 0.312 e. The Morgan fingerprint density at radius 3 is 2.79 bits per heavy atom. The van der Waals surface area contributed by atoms with Gasteiger partial charge in [-0.2, -0.15) is 0 Å². The summed E-state index contributed by atoms with van der Waals surface area (Å²) in [4.78, 5) is 13.7. The van der Waals surface area contributed by atoms with Gasteiger partial charge in [-0.15, -0.1) is 0 Å². The molecule has 5 heteroatoms. The number of nitrogens with zero attached hydrogens (tertiary/aromatic N) is 1. The van der Waals surface area contributed by atoms with Gasteiger partial charge in [0.05, 0.1) is 19.1 Å². The maximum absolute atomic E-state index is 11.6. The van der Waals surface area contributed by atoms with Gasteiger partial charge in [-0.1, -0.05) is 22.0 Å². The Hall–Kier alpha value is -0.910. The topological polar surface area (TPSA) is 49.8 Å². The molecule has 0 aromatic heterocycles. The fraction of sp³-hybridized carbons (Fsp3) is 0.500. The average molecular weight is 328 g/mol. The molecule has 1 heterocycles. The molecule has 0 aliphatic carbocycles. The van der Waals surface area contributed by atoms with Crippen LogP contribution in [-0.4, -0.2) is 48.8 Å². The molecule has 19 heavy (non-hydrogen) atoms. The molecule has 1 unspecified atom stereocenters. The van der Waals surface area contributed by atoms with E-state index in [0.29, 0.717) is 19.8 Å². The summed E-state index contributed by atoms with van der Waals surface area (Å²) in [6.07, 6.45) is 0. The Morgan fingerprint density at radius 1 is 1.47 bits per heavy atom. The van der Waals surface area contributed by atoms with Gasteiger partial charge in [0.15, 0.2) is 0 Å². The lowest BCUT2D eigenvalue weighted by molar-refractivity contribution is -0.139. The third-order valence-corrected chi connectivity index (χ3v) is 3.95. The Morgan fingerprint density at radius 2 is 2.16 bits per heavy atom. The zero-order valence-electron chi connectivity index (χ0n) is 10.9. The number of benzene rings is 1. The molecule has 0 bridgehead atoms. The number of morpholine rings is 1. The highest BCUT2D eigenvalue weighted by Crippen LogP contribution is 2.25. The van der Waals surface area contributed by atoms with E-state index in [0.717, 1.165) is 28.7 Å². The molecule has 1 aromatic carbocycles. The quantitative estimate of drug-likeness (QED) is 0.921. The number of aryl methyl sites for hydroxylation is 1. The molecule has 1 aliphatic rings. The highest BCUT2D eigenvalue weighted by molar-refractivity contribution is 9.10. The predicted molar refractivity (Wildman–Crippen MR) is 76.5 cm³/mol. The number of carbonyl (C=O) groups is 1. The van der Waals surface area contributed by atoms with Crippen molar-refractivity contribution in [3.63, 3.8) is 0 Å². The number of hydrogen-bond donors (Lipinski definition) is 1. The van der Waals surface area contributed by atoms with Crippen LogP contribution in [0.1, 0.15) is 17.0 Å². The van der Waals surface area contributed by atoms with E-state index in [2.05, 4.69) is 20.8 Å². The van der Waals surface area contributed by atoms with Crippen molar-refractivity contribution in [2.45, 2.75) is 12.8 Å². The fourth-order valence-corrected chi connectivity index (χ4v) is 2.72. The zero-order chi connectivity index (χ0) is 13.8. The van der Waals surface area contributed by atoms with Crippen molar-refractivity contribution in [3.05, 3.63) is 33.8 Å². The Balaban J connectivity index is 2.19. The first-order valence-corrected chi connectivity index (χ1v) is 7.16. The van der Waals surface area contributed by atoms with Crippen LogP contribution in [0.15, 0.2) is 22.7 Å². The molecule has 4 nitrogen and oxygen atoms in total. The van der Waals surface area contributed by atoms with E-state index in [1.165, 1.54) is 0 Å². The molecular weight excluding hydrogens is 310 g/mol. The number of rotatable bonds is 4. The Labute approximate surface area is 121 Å². The van der Waals surface area contributed by atoms with Crippen molar-refractivity contribution < 1.29 is 14.6 Å². The first kappa shape index (κ1) is 14.5. The summed E-state index contributed by atoms with van der Waals surface area (Å²) in [7, 11) is 0. The summed E-state index contributed by atoms with van der Waals surface area (Å²) >= 11 is 3.41. The third-order valence-electron chi connectivity index (χ3n) is 3.46. The third kappa shape index (κ3) is 3.78. The van der Waals surface area contributed by atoms with Crippen LogP contribution in [0.4, 0.5) is 0 Å². The molecular formula is C14H18BrNO3. The van der Waals surface area contributed by atoms with Crippen molar-refractivity contribution in [1.29, 1.82) is 0 Å². The molecule has 1 aliphatic heterocycles. The van der Waals surface area contributed by atoms with Gasteiger partial charge in [0, 0.05) is 24.1 Å². The number of aliphatic carboxylic acids is 1. The minimum atomic E-state index is -0.771. The van der Waals surface area contributed by atoms with Crippen LogP contribution < -0.4 is 0 Å². The molecule has 0 saturated carbocycles. The van der Waals surface area contributed by atoms with Gasteiger partial charge >= 0.3 is 5.97 Å². The molecule has 1 atom stereocenters. The number of hydrogen-bond acceptors (Lipinski definition) is 3. The lowest BCUT2D eigenvalue weighted by Crippen LogP contribution is -2.40. The number of carboxylic acids is 1. The number of ether oxygens (including phenoxy) is 1. The van der Waals surface area contributed by atoms with Crippen molar-refractivity contribution >= 4 is 21.9 Å². The number of carboxylic acid groups (broad SMARTS) is 1. The predicted octanol–water partition coefficient (Wildman–Crippen LogP) is 2.26. The monoisotopic (exact) mass is 327 g/mol. The summed E-state index contributed by atoms with van der Waals surface area (Å²) in [5.74, 6) is -1.26. The van der Waals surface area contributed by atoms with Gasteiger partial charge in [-0.3, -0.25) is 9.69 Å². The van der Waals surface area contributed by atoms with Crippen LogP contribution in [0.2, 0.25) is 0 Å². The first-order valence-electron chi connectivity index (χ1n) is 6.37. The van der Waals surface area contributed by atoms with Crippen molar-refractivity contribution in [3.8, 4) is 0 Å². The summed E-state index contributed by atoms with van der Waals surface area (Å²) < 4.78 is 6.21. The summed E-state index contributed by atoms with van der Waals surface area (Å²) in [5, 5.41) is 9.50. The first-order chi connectivity index (χ1) is 9.08. The van der Waals surface area contributed by atoms with E-state index in [4.69, 9.17) is 4.74 Å². The van der Waals surface area contributed by atoms with Crippen molar-refractivity contribution in [2.75, 3.05) is 32.8 Å². The van der Waals surface area contributed by atoms with Crippen LogP contribution in [0.3, 0.4) is 0 Å². The van der Waals surface area contributed by atoms with E-state index >= 15 is 0 Å². The zero-order valence-corrected chi connectivity index (χ0v) is 12.5. The van der Waals surface area contributed by atoms with Crippen LogP contribution in [0, 0.1) is 6.92 Å². The summed E-state index contributed by atoms with van der Waals surface area (Å²) in [6.45, 7) is 5.47. The summed E-state index contributed by atoms with van der Waals surface area (Å²) in [5.41, 5.74) is 1.90. The van der Waals surface area contributed by atoms with Gasteiger partial charge in [-0.05, 0) is 30.2 Å². The average Bonchev–Trinajstić information content (AvgIpc) is 2.40. The normalized spacial score (nSPS) is 18.2. The lowest BCUT2D eigenvalue weighted by Gasteiger charge is -2.29. The number of halogens is 1. The van der Waals surface area contributed by atoms with E-state index in [1.807, 2.05) is 25.1 Å². The summed E-state index contributed by atoms with van der Waals surface area (Å²) in [6, 6.07) is 5.80. The molecule has 1 N–H and O–H groups in total. The van der Waals surface area contributed by atoms with E-state index in [-0.39, 0.29) is 0 Å². The molecule has 1 fully saturated rings. The molecule has 1 aromatic rings. The molecule has 0 radical (unpaired) electrons. The molecule has 104 valence electrons. The lowest BCUT2D eigenvalue weighted by atomic mass is 9.94. The smallest absolute Gasteiger partial charge is 0.312 e. The van der Waals surface area contributed by atoms with Crippen molar-refractivity contribution in [2.24, 2.45) is 0 Å². The second-order valence-electron chi connectivity index (χ2n) is 4.80. The molecule has 1 saturated heterocycles.